The Morgan fingerprint density at radius 1 is 1.42 bits per heavy atom. The highest BCUT2D eigenvalue weighted by atomic mass is 79.9. The lowest BCUT2D eigenvalue weighted by Gasteiger charge is -2.13. The molecule has 0 fully saturated rings. The van der Waals surface area contributed by atoms with Crippen LogP contribution in [0.1, 0.15) is 0 Å². The van der Waals surface area contributed by atoms with Gasteiger partial charge in [0.2, 0.25) is 0 Å². The van der Waals surface area contributed by atoms with Crippen molar-refractivity contribution in [2.24, 2.45) is 0 Å². The fraction of sp³-hybridized carbons (Fsp3) is 1.00. The van der Waals surface area contributed by atoms with Crippen molar-refractivity contribution in [1.29, 1.82) is 0 Å². The average Bonchev–Trinajstić information content (AvgIpc) is 1.84. The number of alkyl halides is 1. The molecule has 0 aromatic heterocycles. The first-order valence-electron chi connectivity index (χ1n) is 3.54. The van der Waals surface area contributed by atoms with E-state index >= 15 is 0 Å². The van der Waals surface area contributed by atoms with Gasteiger partial charge >= 0.3 is 0 Å². The summed E-state index contributed by atoms with van der Waals surface area (Å²) in [5.41, 5.74) is 0. The molecule has 0 radical (unpaired) electrons. The van der Waals surface area contributed by atoms with Crippen LogP contribution in [0.3, 0.4) is 0 Å². The summed E-state index contributed by atoms with van der Waals surface area (Å²) in [5.74, 6) is 0. The van der Waals surface area contributed by atoms with Crippen LogP contribution in [-0.2, 0) is 14.3 Å². The van der Waals surface area contributed by atoms with Crippen LogP contribution in [0.4, 0.5) is 0 Å². The van der Waals surface area contributed by atoms with E-state index in [1.807, 2.05) is 11.9 Å². The van der Waals surface area contributed by atoms with Gasteiger partial charge in [-0.25, -0.2) is 0 Å². The molecular weight excluding hydrogens is 246 g/mol. The maximum Gasteiger partial charge on any atom is 0.264 e. The molecule has 0 unspecified atom stereocenters. The van der Waals surface area contributed by atoms with Gasteiger partial charge in [0, 0.05) is 18.4 Å². The van der Waals surface area contributed by atoms with Gasteiger partial charge in [0.1, 0.15) is 0 Å². The molecule has 0 aliphatic carbocycles. The van der Waals surface area contributed by atoms with Crippen molar-refractivity contribution in [2.45, 2.75) is 0 Å². The highest BCUT2D eigenvalue weighted by Gasteiger charge is 2.02. The number of hydrogen-bond acceptors (Lipinski definition) is 4. The minimum atomic E-state index is -3.27. The summed E-state index contributed by atoms with van der Waals surface area (Å²) in [7, 11) is -1.36. The summed E-state index contributed by atoms with van der Waals surface area (Å²) in [6, 6.07) is 0. The lowest BCUT2D eigenvalue weighted by atomic mass is 10.6. The average molecular weight is 260 g/mol. The number of hydrogen-bond donors (Lipinski definition) is 0. The van der Waals surface area contributed by atoms with Gasteiger partial charge in [0.25, 0.3) is 10.1 Å². The van der Waals surface area contributed by atoms with E-state index in [4.69, 9.17) is 0 Å². The second kappa shape index (κ2) is 5.90. The molecule has 0 heterocycles. The lowest BCUT2D eigenvalue weighted by Crippen LogP contribution is -2.25. The van der Waals surface area contributed by atoms with E-state index in [0.717, 1.165) is 18.1 Å². The van der Waals surface area contributed by atoms with Crippen LogP contribution in [-0.4, -0.2) is 51.6 Å². The first-order valence-corrected chi connectivity index (χ1v) is 6.48. The molecule has 0 spiro atoms. The smallest absolute Gasteiger partial charge is 0.264 e. The van der Waals surface area contributed by atoms with Gasteiger partial charge in [-0.3, -0.25) is 4.18 Å². The number of rotatable bonds is 6. The van der Waals surface area contributed by atoms with Crippen molar-refractivity contribution < 1.29 is 12.6 Å². The van der Waals surface area contributed by atoms with Crippen molar-refractivity contribution in [1.82, 2.24) is 4.90 Å². The van der Waals surface area contributed by atoms with E-state index in [0.29, 0.717) is 6.54 Å². The molecule has 6 heteroatoms. The number of nitrogens with zero attached hydrogens (tertiary/aromatic N) is 1. The summed E-state index contributed by atoms with van der Waals surface area (Å²) in [5, 5.41) is 0.877. The molecule has 0 saturated heterocycles. The third-order valence-corrected chi connectivity index (χ3v) is 2.19. The monoisotopic (exact) mass is 259 g/mol. The van der Waals surface area contributed by atoms with Crippen molar-refractivity contribution in [3.8, 4) is 0 Å². The fourth-order valence-corrected chi connectivity index (χ4v) is 1.58. The van der Waals surface area contributed by atoms with Crippen molar-refractivity contribution in [3.05, 3.63) is 0 Å². The number of halogens is 1. The predicted octanol–water partition coefficient (Wildman–Crippen LogP) is 0.289. The van der Waals surface area contributed by atoms with Crippen LogP contribution in [0.2, 0.25) is 0 Å². The van der Waals surface area contributed by atoms with Gasteiger partial charge in [-0.2, -0.15) is 8.42 Å². The normalized spacial score (nSPS) is 12.3. The zero-order valence-corrected chi connectivity index (χ0v) is 9.69. The molecule has 4 nitrogen and oxygen atoms in total. The van der Waals surface area contributed by atoms with Crippen LogP contribution in [0, 0.1) is 0 Å². The van der Waals surface area contributed by atoms with Gasteiger partial charge in [0.15, 0.2) is 0 Å². The molecule has 0 amide bonds. The molecule has 0 aliphatic rings. The van der Waals surface area contributed by atoms with Crippen LogP contribution in [0.25, 0.3) is 0 Å². The highest BCUT2D eigenvalue weighted by Crippen LogP contribution is 1.90. The van der Waals surface area contributed by atoms with Crippen LogP contribution < -0.4 is 0 Å². The third-order valence-electron chi connectivity index (χ3n) is 1.24. The molecule has 0 N–H and O–H groups in total. The second-order valence-corrected chi connectivity index (χ2v) is 4.96. The Morgan fingerprint density at radius 3 is 2.42 bits per heavy atom. The van der Waals surface area contributed by atoms with Crippen molar-refractivity contribution >= 4 is 26.0 Å². The predicted molar refractivity (Wildman–Crippen MR) is 52.1 cm³/mol. The SMILES string of the molecule is CN(CCBr)CCOS(C)(=O)=O. The maximum absolute atomic E-state index is 10.5. The summed E-state index contributed by atoms with van der Waals surface area (Å²) >= 11 is 3.28. The molecule has 0 atom stereocenters. The van der Waals surface area contributed by atoms with Crippen LogP contribution in [0.15, 0.2) is 0 Å². The Morgan fingerprint density at radius 2 is 2.00 bits per heavy atom. The third kappa shape index (κ3) is 8.45. The molecule has 0 aliphatic heterocycles. The van der Waals surface area contributed by atoms with E-state index < -0.39 is 10.1 Å². The quantitative estimate of drug-likeness (QED) is 0.508. The molecule has 12 heavy (non-hydrogen) atoms. The standard InChI is InChI=1S/C6H14BrNO3S/c1-8(4-3-7)5-6-11-12(2,9)10/h3-6H2,1-2H3. The molecule has 0 saturated carbocycles. The summed E-state index contributed by atoms with van der Waals surface area (Å²) in [6.07, 6.45) is 1.05. The maximum atomic E-state index is 10.5. The van der Waals surface area contributed by atoms with Gasteiger partial charge in [-0.15, -0.1) is 0 Å². The minimum absolute atomic E-state index is 0.225. The summed E-state index contributed by atoms with van der Waals surface area (Å²) in [4.78, 5) is 1.99. The van der Waals surface area contributed by atoms with Gasteiger partial charge < -0.3 is 4.90 Å². The van der Waals surface area contributed by atoms with E-state index in [2.05, 4.69) is 20.1 Å². The van der Waals surface area contributed by atoms with E-state index in [-0.39, 0.29) is 6.61 Å². The molecule has 0 bridgehead atoms. The Labute approximate surface area is 82.1 Å². The first-order chi connectivity index (χ1) is 5.45. The van der Waals surface area contributed by atoms with Gasteiger partial charge in [-0.1, -0.05) is 15.9 Å². The summed E-state index contributed by atoms with van der Waals surface area (Å²) in [6.45, 7) is 1.73. The Kier molecular flexibility index (Phi) is 6.08. The zero-order valence-electron chi connectivity index (χ0n) is 7.29. The molecule has 0 rings (SSSR count). The topological polar surface area (TPSA) is 46.6 Å². The molecular formula is C6H14BrNO3S. The van der Waals surface area contributed by atoms with Crippen LogP contribution in [0.5, 0.6) is 0 Å². The molecule has 0 aromatic carbocycles. The Balaban J connectivity index is 3.44. The minimum Gasteiger partial charge on any atom is -0.303 e. The highest BCUT2D eigenvalue weighted by molar-refractivity contribution is 9.09. The number of likely N-dealkylation sites (N-methyl/N-ethyl adjacent to an activating group) is 1. The summed E-state index contributed by atoms with van der Waals surface area (Å²) < 4.78 is 25.6. The molecule has 0 aromatic rings. The second-order valence-electron chi connectivity index (χ2n) is 2.52. The van der Waals surface area contributed by atoms with Gasteiger partial charge in [0.05, 0.1) is 12.9 Å². The Bertz CT molecular complexity index is 205. The lowest BCUT2D eigenvalue weighted by molar-refractivity contribution is 0.250. The van der Waals surface area contributed by atoms with Crippen molar-refractivity contribution in [3.63, 3.8) is 0 Å². The van der Waals surface area contributed by atoms with E-state index in [1.54, 1.807) is 0 Å². The van der Waals surface area contributed by atoms with E-state index in [1.165, 1.54) is 0 Å². The van der Waals surface area contributed by atoms with Crippen LogP contribution >= 0.6 is 15.9 Å². The van der Waals surface area contributed by atoms with E-state index in [9.17, 15) is 8.42 Å². The van der Waals surface area contributed by atoms with Gasteiger partial charge in [-0.05, 0) is 7.05 Å². The van der Waals surface area contributed by atoms with Crippen molar-refractivity contribution in [2.75, 3.05) is 38.3 Å². The zero-order chi connectivity index (χ0) is 9.61. The fourth-order valence-electron chi connectivity index (χ4n) is 0.601. The Hall–Kier alpha value is 0.350. The largest absolute Gasteiger partial charge is 0.303 e. The first kappa shape index (κ1) is 12.3. The molecule has 74 valence electrons.